The molecule has 9 heavy (non-hydrogen) atoms. The monoisotopic (exact) mass is 150 g/mol. The molecule has 0 aliphatic rings. The standard InChI is InChI=1S/C5H10O3S/c1-2-3-4-5-9(6,7)8/h2-3H,4-5H2,1H3,(H,6,7,8)/b3-2+. The molecule has 0 spiro atoms. The molecule has 0 aromatic heterocycles. The fourth-order valence-corrected chi connectivity index (χ4v) is 0.818. The lowest BCUT2D eigenvalue weighted by Gasteiger charge is -1.88. The second kappa shape index (κ2) is 3.63. The van der Waals surface area contributed by atoms with E-state index in [2.05, 4.69) is 0 Å². The second-order valence-electron chi connectivity index (χ2n) is 1.64. The van der Waals surface area contributed by atoms with E-state index < -0.39 is 10.1 Å². The van der Waals surface area contributed by atoms with E-state index in [-0.39, 0.29) is 5.75 Å². The topological polar surface area (TPSA) is 54.4 Å². The van der Waals surface area contributed by atoms with Crippen LogP contribution in [0.1, 0.15) is 13.3 Å². The van der Waals surface area contributed by atoms with E-state index in [0.717, 1.165) is 0 Å². The van der Waals surface area contributed by atoms with Crippen LogP contribution in [-0.4, -0.2) is 18.7 Å². The summed E-state index contributed by atoms with van der Waals surface area (Å²) in [4.78, 5) is 0. The van der Waals surface area contributed by atoms with Crippen molar-refractivity contribution in [1.29, 1.82) is 0 Å². The minimum absolute atomic E-state index is 0.183. The summed E-state index contributed by atoms with van der Waals surface area (Å²) in [5.74, 6) is -0.183. The van der Waals surface area contributed by atoms with Crippen LogP contribution in [0.15, 0.2) is 12.2 Å². The smallest absolute Gasteiger partial charge is 0.265 e. The fraction of sp³-hybridized carbons (Fsp3) is 0.600. The van der Waals surface area contributed by atoms with E-state index in [1.807, 2.05) is 0 Å². The Morgan fingerprint density at radius 1 is 1.56 bits per heavy atom. The van der Waals surface area contributed by atoms with Gasteiger partial charge in [-0.05, 0) is 13.3 Å². The molecule has 54 valence electrons. The highest BCUT2D eigenvalue weighted by atomic mass is 32.2. The molecule has 0 aliphatic heterocycles. The molecular weight excluding hydrogens is 140 g/mol. The van der Waals surface area contributed by atoms with Crippen molar-refractivity contribution in [3.8, 4) is 0 Å². The van der Waals surface area contributed by atoms with Gasteiger partial charge in [-0.25, -0.2) is 0 Å². The molecule has 3 nitrogen and oxygen atoms in total. The van der Waals surface area contributed by atoms with E-state index in [0.29, 0.717) is 6.42 Å². The Morgan fingerprint density at radius 2 is 2.11 bits per heavy atom. The largest absolute Gasteiger partial charge is 0.286 e. The molecule has 0 aliphatic carbocycles. The van der Waals surface area contributed by atoms with Gasteiger partial charge in [-0.3, -0.25) is 4.55 Å². The zero-order valence-electron chi connectivity index (χ0n) is 5.24. The van der Waals surface area contributed by atoms with Crippen LogP contribution >= 0.6 is 0 Å². The minimum atomic E-state index is -3.75. The highest BCUT2D eigenvalue weighted by molar-refractivity contribution is 7.85. The molecule has 0 saturated carbocycles. The first-order valence-corrected chi connectivity index (χ1v) is 4.23. The highest BCUT2D eigenvalue weighted by Gasteiger charge is 1.99. The second-order valence-corrected chi connectivity index (χ2v) is 3.22. The lowest BCUT2D eigenvalue weighted by atomic mass is 10.4. The maximum absolute atomic E-state index is 10.0. The fourth-order valence-electron chi connectivity index (χ4n) is 0.384. The Labute approximate surface area is 55.1 Å². The number of hydrogen-bond donors (Lipinski definition) is 1. The van der Waals surface area contributed by atoms with Gasteiger partial charge in [0.1, 0.15) is 0 Å². The van der Waals surface area contributed by atoms with Gasteiger partial charge in [-0.1, -0.05) is 12.2 Å². The Bertz CT molecular complexity index is 178. The molecule has 0 bridgehead atoms. The maximum Gasteiger partial charge on any atom is 0.265 e. The van der Waals surface area contributed by atoms with E-state index in [1.54, 1.807) is 19.1 Å². The molecule has 4 heteroatoms. The first-order chi connectivity index (χ1) is 4.06. The summed E-state index contributed by atoms with van der Waals surface area (Å²) in [6, 6.07) is 0. The van der Waals surface area contributed by atoms with Gasteiger partial charge in [0.25, 0.3) is 10.1 Å². The van der Waals surface area contributed by atoms with Crippen molar-refractivity contribution in [2.75, 3.05) is 5.75 Å². The molecule has 0 heterocycles. The van der Waals surface area contributed by atoms with Gasteiger partial charge >= 0.3 is 0 Å². The first kappa shape index (κ1) is 8.65. The summed E-state index contributed by atoms with van der Waals surface area (Å²) >= 11 is 0. The van der Waals surface area contributed by atoms with E-state index in [9.17, 15) is 8.42 Å². The first-order valence-electron chi connectivity index (χ1n) is 2.62. The molecule has 0 amide bonds. The van der Waals surface area contributed by atoms with Crippen LogP contribution in [0.5, 0.6) is 0 Å². The summed E-state index contributed by atoms with van der Waals surface area (Å²) in [5, 5.41) is 0. The number of allylic oxidation sites excluding steroid dienone is 2. The quantitative estimate of drug-likeness (QED) is 0.479. The van der Waals surface area contributed by atoms with E-state index in [1.165, 1.54) is 0 Å². The van der Waals surface area contributed by atoms with Crippen molar-refractivity contribution < 1.29 is 13.0 Å². The van der Waals surface area contributed by atoms with Gasteiger partial charge in [-0.15, -0.1) is 0 Å². The van der Waals surface area contributed by atoms with Crippen LogP contribution in [0.4, 0.5) is 0 Å². The van der Waals surface area contributed by atoms with Crippen molar-refractivity contribution in [2.45, 2.75) is 13.3 Å². The predicted molar refractivity (Wildman–Crippen MR) is 35.8 cm³/mol. The van der Waals surface area contributed by atoms with E-state index >= 15 is 0 Å². The molecule has 0 unspecified atom stereocenters. The van der Waals surface area contributed by atoms with Crippen LogP contribution < -0.4 is 0 Å². The molecule has 0 aromatic carbocycles. The third-order valence-corrected chi connectivity index (χ3v) is 1.53. The lowest BCUT2D eigenvalue weighted by Crippen LogP contribution is -2.01. The van der Waals surface area contributed by atoms with Crippen LogP contribution in [0.25, 0.3) is 0 Å². The van der Waals surface area contributed by atoms with Gasteiger partial charge in [0.05, 0.1) is 5.75 Å². The normalized spacial score (nSPS) is 12.7. The maximum atomic E-state index is 10.0. The van der Waals surface area contributed by atoms with Crippen LogP contribution in [-0.2, 0) is 10.1 Å². The number of hydrogen-bond acceptors (Lipinski definition) is 2. The van der Waals surface area contributed by atoms with Crippen LogP contribution in [0.2, 0.25) is 0 Å². The summed E-state index contributed by atoms with van der Waals surface area (Å²) < 4.78 is 28.2. The van der Waals surface area contributed by atoms with Crippen molar-refractivity contribution in [2.24, 2.45) is 0 Å². The molecular formula is C5H10O3S. The molecule has 0 saturated heterocycles. The summed E-state index contributed by atoms with van der Waals surface area (Å²) in [6.45, 7) is 1.80. The molecule has 1 N–H and O–H groups in total. The Hall–Kier alpha value is -0.350. The summed E-state index contributed by atoms with van der Waals surface area (Å²) in [7, 11) is -3.75. The lowest BCUT2D eigenvalue weighted by molar-refractivity contribution is 0.483. The van der Waals surface area contributed by atoms with Gasteiger partial charge < -0.3 is 0 Å². The van der Waals surface area contributed by atoms with Crippen molar-refractivity contribution in [1.82, 2.24) is 0 Å². The van der Waals surface area contributed by atoms with Gasteiger partial charge in [-0.2, -0.15) is 8.42 Å². The molecule has 0 radical (unpaired) electrons. The Balaban J connectivity index is 3.53. The van der Waals surface area contributed by atoms with Gasteiger partial charge in [0, 0.05) is 0 Å². The van der Waals surface area contributed by atoms with Crippen LogP contribution in [0.3, 0.4) is 0 Å². The molecule has 0 fully saturated rings. The average molecular weight is 150 g/mol. The SMILES string of the molecule is C/C=C/CCS(=O)(=O)O. The average Bonchev–Trinajstić information content (AvgIpc) is 1.63. The number of rotatable bonds is 3. The molecule has 0 atom stereocenters. The predicted octanol–water partition coefficient (Wildman–Crippen LogP) is 0.840. The third-order valence-electron chi connectivity index (χ3n) is 0.778. The minimum Gasteiger partial charge on any atom is -0.286 e. The van der Waals surface area contributed by atoms with Crippen molar-refractivity contribution in [3.63, 3.8) is 0 Å². The Kier molecular flexibility index (Phi) is 3.49. The summed E-state index contributed by atoms with van der Waals surface area (Å²) in [6.07, 6.45) is 3.81. The zero-order chi connectivity index (χ0) is 7.33. The van der Waals surface area contributed by atoms with Gasteiger partial charge in [0.15, 0.2) is 0 Å². The summed E-state index contributed by atoms with van der Waals surface area (Å²) in [5.41, 5.74) is 0. The third kappa shape index (κ3) is 7.65. The van der Waals surface area contributed by atoms with Crippen LogP contribution in [0, 0.1) is 0 Å². The molecule has 0 rings (SSSR count). The zero-order valence-corrected chi connectivity index (χ0v) is 6.06. The van der Waals surface area contributed by atoms with Crippen molar-refractivity contribution in [3.05, 3.63) is 12.2 Å². The highest BCUT2D eigenvalue weighted by Crippen LogP contribution is 1.88. The van der Waals surface area contributed by atoms with Crippen molar-refractivity contribution >= 4 is 10.1 Å². The molecule has 0 aromatic rings. The Morgan fingerprint density at radius 3 is 2.44 bits per heavy atom. The van der Waals surface area contributed by atoms with Gasteiger partial charge in [0.2, 0.25) is 0 Å². The van der Waals surface area contributed by atoms with E-state index in [4.69, 9.17) is 4.55 Å².